The topological polar surface area (TPSA) is 76.0 Å². The Hall–Kier alpha value is -3.41. The largest absolute Gasteiger partial charge is 0.341 e. The highest BCUT2D eigenvalue weighted by molar-refractivity contribution is 6.01. The first kappa shape index (κ1) is 22.3. The Morgan fingerprint density at radius 2 is 1.68 bits per heavy atom. The van der Waals surface area contributed by atoms with Gasteiger partial charge in [-0.3, -0.25) is 9.59 Å². The third-order valence-corrected chi connectivity index (χ3v) is 5.25. The van der Waals surface area contributed by atoms with E-state index in [2.05, 4.69) is 41.0 Å². The van der Waals surface area contributed by atoms with Crippen molar-refractivity contribution in [2.75, 3.05) is 5.32 Å². The Bertz CT molecular complexity index is 1040. The normalized spacial score (nSPS) is 12.3. The number of amides is 2. The first-order valence-electron chi connectivity index (χ1n) is 10.4. The number of nitrogens with one attached hydrogen (secondary N) is 2. The highest BCUT2D eigenvalue weighted by Crippen LogP contribution is 2.22. The molecule has 0 radical (unpaired) electrons. The van der Waals surface area contributed by atoms with Gasteiger partial charge in [-0.1, -0.05) is 45.0 Å². The van der Waals surface area contributed by atoms with Crippen LogP contribution in [0.2, 0.25) is 0 Å². The van der Waals surface area contributed by atoms with E-state index in [1.807, 2.05) is 49.5 Å². The van der Waals surface area contributed by atoms with E-state index in [1.165, 1.54) is 0 Å². The molecule has 3 rings (SSSR count). The molecule has 162 valence electrons. The third-order valence-electron chi connectivity index (χ3n) is 5.25. The zero-order valence-corrected chi connectivity index (χ0v) is 18.8. The van der Waals surface area contributed by atoms with E-state index >= 15 is 0 Å². The maximum absolute atomic E-state index is 12.5. The first-order valence-corrected chi connectivity index (χ1v) is 10.4. The molecular weight excluding hydrogens is 388 g/mol. The van der Waals surface area contributed by atoms with E-state index < -0.39 is 6.04 Å². The second-order valence-corrected chi connectivity index (χ2v) is 8.81. The van der Waals surface area contributed by atoms with Crippen LogP contribution in [0.1, 0.15) is 55.0 Å². The van der Waals surface area contributed by atoms with Gasteiger partial charge >= 0.3 is 0 Å². The maximum Gasteiger partial charge on any atom is 0.251 e. The van der Waals surface area contributed by atoms with E-state index in [-0.39, 0.29) is 17.2 Å². The van der Waals surface area contributed by atoms with Crippen molar-refractivity contribution in [3.63, 3.8) is 0 Å². The van der Waals surface area contributed by atoms with Gasteiger partial charge in [0.25, 0.3) is 5.91 Å². The molecule has 1 unspecified atom stereocenters. The predicted molar refractivity (Wildman–Crippen MR) is 123 cm³/mol. The summed E-state index contributed by atoms with van der Waals surface area (Å²) in [7, 11) is 0. The lowest BCUT2D eigenvalue weighted by Crippen LogP contribution is -2.41. The Morgan fingerprint density at radius 1 is 1.03 bits per heavy atom. The number of aromatic nitrogens is 2. The molecule has 6 heteroatoms. The Labute approximate surface area is 183 Å². The molecule has 2 aromatic carbocycles. The van der Waals surface area contributed by atoms with Gasteiger partial charge in [0.2, 0.25) is 5.91 Å². The molecule has 2 amide bonds. The number of hydrogen-bond donors (Lipinski definition) is 2. The van der Waals surface area contributed by atoms with Crippen molar-refractivity contribution in [2.45, 2.75) is 52.6 Å². The first-order chi connectivity index (χ1) is 14.6. The quantitative estimate of drug-likeness (QED) is 0.627. The van der Waals surface area contributed by atoms with Gasteiger partial charge in [0, 0.05) is 30.2 Å². The van der Waals surface area contributed by atoms with Gasteiger partial charge in [0.15, 0.2) is 0 Å². The molecule has 1 aromatic heterocycles. The highest BCUT2D eigenvalue weighted by atomic mass is 16.2. The van der Waals surface area contributed by atoms with Crippen LogP contribution in [0, 0.1) is 6.92 Å². The molecule has 0 bridgehead atoms. The van der Waals surface area contributed by atoms with Crippen LogP contribution in [0.4, 0.5) is 5.69 Å². The summed E-state index contributed by atoms with van der Waals surface area (Å²) in [5.41, 5.74) is 3.51. The van der Waals surface area contributed by atoms with Crippen molar-refractivity contribution in [1.82, 2.24) is 14.9 Å². The van der Waals surface area contributed by atoms with E-state index in [4.69, 9.17) is 0 Å². The molecule has 1 atom stereocenters. The molecule has 0 saturated heterocycles. The van der Waals surface area contributed by atoms with Crippen LogP contribution in [0.5, 0.6) is 0 Å². The van der Waals surface area contributed by atoms with Crippen LogP contribution in [0.15, 0.2) is 60.9 Å². The van der Waals surface area contributed by atoms with Crippen molar-refractivity contribution in [1.29, 1.82) is 0 Å². The van der Waals surface area contributed by atoms with Crippen LogP contribution in [0.25, 0.3) is 0 Å². The van der Waals surface area contributed by atoms with Crippen LogP contribution in [-0.2, 0) is 16.8 Å². The van der Waals surface area contributed by atoms with Gasteiger partial charge in [0.05, 0.1) is 0 Å². The molecule has 0 aliphatic rings. The van der Waals surface area contributed by atoms with Gasteiger partial charge in [-0.2, -0.15) is 0 Å². The van der Waals surface area contributed by atoms with E-state index in [9.17, 15) is 9.59 Å². The highest BCUT2D eigenvalue weighted by Gasteiger charge is 2.18. The SMILES string of the molecule is Cc1nccn1Cc1ccc(NC(=O)C(C)NC(=O)c2ccc(C(C)(C)C)cc2)cc1. The number of hydrogen-bond acceptors (Lipinski definition) is 3. The average molecular weight is 419 g/mol. The monoisotopic (exact) mass is 418 g/mol. The van der Waals surface area contributed by atoms with Crippen molar-refractivity contribution >= 4 is 17.5 Å². The minimum Gasteiger partial charge on any atom is -0.341 e. The Kier molecular flexibility index (Phi) is 6.59. The fourth-order valence-electron chi connectivity index (χ4n) is 3.18. The van der Waals surface area contributed by atoms with Crippen LogP contribution >= 0.6 is 0 Å². The summed E-state index contributed by atoms with van der Waals surface area (Å²) in [6.07, 6.45) is 3.71. The third kappa shape index (κ3) is 5.81. The summed E-state index contributed by atoms with van der Waals surface area (Å²) in [5, 5.41) is 5.61. The van der Waals surface area contributed by atoms with Crippen molar-refractivity contribution < 1.29 is 9.59 Å². The Morgan fingerprint density at radius 3 is 2.23 bits per heavy atom. The predicted octanol–water partition coefficient (Wildman–Crippen LogP) is 4.29. The fourth-order valence-corrected chi connectivity index (χ4v) is 3.18. The number of carbonyl (C=O) groups excluding carboxylic acids is 2. The summed E-state index contributed by atoms with van der Waals surface area (Å²) in [4.78, 5) is 29.2. The average Bonchev–Trinajstić information content (AvgIpc) is 3.13. The molecule has 0 aliphatic heterocycles. The molecule has 0 spiro atoms. The molecule has 2 N–H and O–H groups in total. The minimum atomic E-state index is -0.664. The van der Waals surface area contributed by atoms with Crippen molar-refractivity contribution in [3.05, 3.63) is 83.4 Å². The number of anilines is 1. The smallest absolute Gasteiger partial charge is 0.251 e. The summed E-state index contributed by atoms with van der Waals surface area (Å²) < 4.78 is 2.05. The number of aryl methyl sites for hydroxylation is 1. The summed E-state index contributed by atoms with van der Waals surface area (Å²) in [6.45, 7) is 10.7. The zero-order valence-electron chi connectivity index (χ0n) is 18.8. The molecule has 31 heavy (non-hydrogen) atoms. The van der Waals surface area contributed by atoms with Gasteiger partial charge in [-0.25, -0.2) is 4.98 Å². The fraction of sp³-hybridized carbons (Fsp3) is 0.320. The van der Waals surface area contributed by atoms with Gasteiger partial charge in [0.1, 0.15) is 11.9 Å². The summed E-state index contributed by atoms with van der Waals surface area (Å²) in [5.74, 6) is 0.419. The molecule has 0 fully saturated rings. The molecular formula is C25H30N4O2. The lowest BCUT2D eigenvalue weighted by molar-refractivity contribution is -0.117. The van der Waals surface area contributed by atoms with Gasteiger partial charge in [-0.15, -0.1) is 0 Å². The molecule has 0 aliphatic carbocycles. The number of benzene rings is 2. The van der Waals surface area contributed by atoms with E-state index in [1.54, 1.807) is 25.3 Å². The summed E-state index contributed by atoms with van der Waals surface area (Å²) in [6, 6.07) is 14.5. The lowest BCUT2D eigenvalue weighted by atomic mass is 9.86. The molecule has 0 saturated carbocycles. The van der Waals surface area contributed by atoms with E-state index in [0.29, 0.717) is 11.3 Å². The molecule has 1 heterocycles. The number of imidazole rings is 1. The van der Waals surface area contributed by atoms with Crippen molar-refractivity contribution in [2.24, 2.45) is 0 Å². The Balaban J connectivity index is 1.55. The van der Waals surface area contributed by atoms with Crippen molar-refractivity contribution in [3.8, 4) is 0 Å². The minimum absolute atomic E-state index is 0.0231. The van der Waals surface area contributed by atoms with Crippen LogP contribution in [-0.4, -0.2) is 27.4 Å². The molecule has 6 nitrogen and oxygen atoms in total. The zero-order chi connectivity index (χ0) is 22.6. The lowest BCUT2D eigenvalue weighted by Gasteiger charge is -2.19. The van der Waals surface area contributed by atoms with Crippen LogP contribution < -0.4 is 10.6 Å². The second kappa shape index (κ2) is 9.16. The number of carbonyl (C=O) groups is 2. The van der Waals surface area contributed by atoms with Crippen LogP contribution in [0.3, 0.4) is 0 Å². The number of nitrogens with zero attached hydrogens (tertiary/aromatic N) is 2. The van der Waals surface area contributed by atoms with Gasteiger partial charge in [-0.05, 0) is 54.7 Å². The summed E-state index contributed by atoms with van der Waals surface area (Å²) >= 11 is 0. The maximum atomic E-state index is 12.5. The van der Waals surface area contributed by atoms with E-state index in [0.717, 1.165) is 23.5 Å². The second-order valence-electron chi connectivity index (χ2n) is 8.81. The molecule has 3 aromatic rings. The standard InChI is InChI=1S/C25H30N4O2/c1-17(27-24(31)20-8-10-21(11-9-20)25(3,4)5)23(30)28-22-12-6-19(7-13-22)16-29-15-14-26-18(29)2/h6-15,17H,16H2,1-5H3,(H,27,31)(H,28,30). The van der Waals surface area contributed by atoms with Gasteiger partial charge < -0.3 is 15.2 Å². The number of rotatable bonds is 6.